The molecule has 108 valence electrons. The molecule has 2 aromatic carbocycles. The van der Waals surface area contributed by atoms with Gasteiger partial charge >= 0.3 is 0 Å². The average molecular weight is 302 g/mol. The van der Waals surface area contributed by atoms with Crippen LogP contribution in [0.5, 0.6) is 5.75 Å². The van der Waals surface area contributed by atoms with E-state index in [1.165, 1.54) is 5.56 Å². The minimum Gasteiger partial charge on any atom is -0.496 e. The summed E-state index contributed by atoms with van der Waals surface area (Å²) < 4.78 is 11.2. The van der Waals surface area contributed by atoms with Gasteiger partial charge in [-0.05, 0) is 37.3 Å². The van der Waals surface area contributed by atoms with Gasteiger partial charge in [0.05, 0.1) is 13.2 Å². The zero-order chi connectivity index (χ0) is 15.0. The zero-order valence-electron chi connectivity index (χ0n) is 11.9. The van der Waals surface area contributed by atoms with Crippen LogP contribution in [0.25, 0.3) is 11.0 Å². The van der Waals surface area contributed by atoms with E-state index in [1.807, 2.05) is 31.2 Å². The maximum absolute atomic E-state index is 6.33. The molecule has 4 heteroatoms. The lowest BCUT2D eigenvalue weighted by Crippen LogP contribution is -2.12. The zero-order valence-corrected chi connectivity index (χ0v) is 12.6. The van der Waals surface area contributed by atoms with Crippen molar-refractivity contribution in [2.24, 2.45) is 5.73 Å². The number of ether oxygens (including phenoxy) is 1. The molecule has 0 spiro atoms. The van der Waals surface area contributed by atoms with E-state index in [2.05, 4.69) is 6.07 Å². The fourth-order valence-electron chi connectivity index (χ4n) is 2.43. The van der Waals surface area contributed by atoms with E-state index in [0.29, 0.717) is 16.5 Å². The molecule has 0 aliphatic rings. The summed E-state index contributed by atoms with van der Waals surface area (Å²) in [5.74, 6) is 1.36. The van der Waals surface area contributed by atoms with E-state index >= 15 is 0 Å². The quantitative estimate of drug-likeness (QED) is 0.777. The van der Waals surface area contributed by atoms with Gasteiger partial charge in [-0.15, -0.1) is 0 Å². The molecule has 0 aliphatic heterocycles. The maximum Gasteiger partial charge on any atom is 0.134 e. The van der Waals surface area contributed by atoms with Gasteiger partial charge in [0, 0.05) is 16.0 Å². The summed E-state index contributed by atoms with van der Waals surface area (Å²) in [7, 11) is 1.60. The highest BCUT2D eigenvalue weighted by Gasteiger charge is 2.18. The normalized spacial score (nSPS) is 12.6. The second kappa shape index (κ2) is 5.43. The summed E-state index contributed by atoms with van der Waals surface area (Å²) in [5.41, 5.74) is 9.19. The van der Waals surface area contributed by atoms with Crippen molar-refractivity contribution in [3.8, 4) is 5.75 Å². The molecule has 0 fully saturated rings. The molecule has 1 atom stereocenters. The number of fused-ring (bicyclic) bond motifs is 1. The van der Waals surface area contributed by atoms with Crippen LogP contribution < -0.4 is 10.5 Å². The third kappa shape index (κ3) is 2.62. The van der Waals surface area contributed by atoms with Gasteiger partial charge in [0.25, 0.3) is 0 Å². The van der Waals surface area contributed by atoms with Gasteiger partial charge < -0.3 is 14.9 Å². The average Bonchev–Trinajstić information content (AvgIpc) is 2.89. The first-order valence-corrected chi connectivity index (χ1v) is 7.05. The predicted molar refractivity (Wildman–Crippen MR) is 85.0 cm³/mol. The van der Waals surface area contributed by atoms with Gasteiger partial charge in [-0.3, -0.25) is 0 Å². The number of hydrogen-bond donors (Lipinski definition) is 1. The lowest BCUT2D eigenvalue weighted by Gasteiger charge is -2.13. The lowest BCUT2D eigenvalue weighted by atomic mass is 10.0. The molecule has 0 amide bonds. The SMILES string of the molecule is COc1cc(Cl)ccc1C(N)c1cc2cc(C)ccc2o1. The van der Waals surface area contributed by atoms with E-state index in [4.69, 9.17) is 26.5 Å². The Morgan fingerprint density at radius 1 is 1.14 bits per heavy atom. The Kier molecular flexibility index (Phi) is 3.62. The molecule has 0 radical (unpaired) electrons. The highest BCUT2D eigenvalue weighted by molar-refractivity contribution is 6.30. The van der Waals surface area contributed by atoms with Crippen molar-refractivity contribution < 1.29 is 9.15 Å². The number of furan rings is 1. The molecular formula is C17H16ClNO2. The van der Waals surface area contributed by atoms with Crippen LogP contribution in [0.2, 0.25) is 5.02 Å². The third-order valence-electron chi connectivity index (χ3n) is 3.53. The number of halogens is 1. The Hall–Kier alpha value is -1.97. The van der Waals surface area contributed by atoms with Crippen LogP contribution >= 0.6 is 11.6 Å². The van der Waals surface area contributed by atoms with Gasteiger partial charge in [0.1, 0.15) is 17.1 Å². The molecule has 3 aromatic rings. The fraction of sp³-hybridized carbons (Fsp3) is 0.176. The first kappa shape index (κ1) is 14.0. The third-order valence-corrected chi connectivity index (χ3v) is 3.76. The molecule has 0 saturated heterocycles. The highest BCUT2D eigenvalue weighted by atomic mass is 35.5. The highest BCUT2D eigenvalue weighted by Crippen LogP contribution is 2.33. The first-order valence-electron chi connectivity index (χ1n) is 6.67. The van der Waals surface area contributed by atoms with Crippen molar-refractivity contribution in [3.05, 3.63) is 64.4 Å². The van der Waals surface area contributed by atoms with Crippen LogP contribution in [0.1, 0.15) is 22.9 Å². The molecule has 0 bridgehead atoms. The van der Waals surface area contributed by atoms with Crippen molar-refractivity contribution in [1.29, 1.82) is 0 Å². The van der Waals surface area contributed by atoms with Crippen LogP contribution in [0.15, 0.2) is 46.9 Å². The summed E-state index contributed by atoms with van der Waals surface area (Å²) in [6.45, 7) is 2.05. The standard InChI is InChI=1S/C17H16ClNO2/c1-10-3-6-14-11(7-10)8-16(21-14)17(19)13-5-4-12(18)9-15(13)20-2/h3-9,17H,19H2,1-2H3. The van der Waals surface area contributed by atoms with Crippen LogP contribution in [0.3, 0.4) is 0 Å². The van der Waals surface area contributed by atoms with Gasteiger partial charge in [0.15, 0.2) is 0 Å². The fourth-order valence-corrected chi connectivity index (χ4v) is 2.59. The lowest BCUT2D eigenvalue weighted by molar-refractivity contribution is 0.404. The number of aryl methyl sites for hydroxylation is 1. The molecule has 0 aliphatic carbocycles. The molecule has 3 rings (SSSR count). The van der Waals surface area contributed by atoms with E-state index < -0.39 is 6.04 Å². The van der Waals surface area contributed by atoms with Gasteiger partial charge in [-0.25, -0.2) is 0 Å². The Morgan fingerprint density at radius 2 is 1.95 bits per heavy atom. The number of rotatable bonds is 3. The predicted octanol–water partition coefficient (Wildman–Crippen LogP) is 4.45. The summed E-state index contributed by atoms with van der Waals surface area (Å²) in [6, 6.07) is 13.0. The van der Waals surface area contributed by atoms with Crippen LogP contribution in [-0.2, 0) is 0 Å². The van der Waals surface area contributed by atoms with Crippen LogP contribution in [0.4, 0.5) is 0 Å². The van der Waals surface area contributed by atoms with E-state index in [9.17, 15) is 0 Å². The summed E-state index contributed by atoms with van der Waals surface area (Å²) >= 11 is 5.98. The second-order valence-corrected chi connectivity index (χ2v) is 5.49. The van der Waals surface area contributed by atoms with Crippen LogP contribution in [-0.4, -0.2) is 7.11 Å². The monoisotopic (exact) mass is 301 g/mol. The number of methoxy groups -OCH3 is 1. The van der Waals surface area contributed by atoms with Gasteiger partial charge in [-0.2, -0.15) is 0 Å². The molecule has 0 saturated carbocycles. The molecule has 3 nitrogen and oxygen atoms in total. The van der Waals surface area contributed by atoms with Crippen LogP contribution in [0, 0.1) is 6.92 Å². The molecule has 1 unspecified atom stereocenters. The van der Waals surface area contributed by atoms with Gasteiger partial charge in [-0.1, -0.05) is 29.3 Å². The topological polar surface area (TPSA) is 48.4 Å². The second-order valence-electron chi connectivity index (χ2n) is 5.05. The van der Waals surface area contributed by atoms with Crippen molar-refractivity contribution >= 4 is 22.6 Å². The van der Waals surface area contributed by atoms with Crippen molar-refractivity contribution in [2.75, 3.05) is 7.11 Å². The largest absolute Gasteiger partial charge is 0.496 e. The number of benzene rings is 2. The molecule has 21 heavy (non-hydrogen) atoms. The first-order chi connectivity index (χ1) is 10.1. The van der Waals surface area contributed by atoms with Gasteiger partial charge in [0.2, 0.25) is 0 Å². The van der Waals surface area contributed by atoms with Crippen molar-refractivity contribution in [3.63, 3.8) is 0 Å². The smallest absolute Gasteiger partial charge is 0.134 e. The Labute approximate surface area is 128 Å². The number of hydrogen-bond acceptors (Lipinski definition) is 3. The minimum absolute atomic E-state index is 0.398. The molecule has 1 aromatic heterocycles. The molecule has 1 heterocycles. The maximum atomic E-state index is 6.33. The van der Waals surface area contributed by atoms with Crippen molar-refractivity contribution in [2.45, 2.75) is 13.0 Å². The molecular weight excluding hydrogens is 286 g/mol. The summed E-state index contributed by atoms with van der Waals surface area (Å²) in [4.78, 5) is 0. The Morgan fingerprint density at radius 3 is 2.71 bits per heavy atom. The summed E-state index contributed by atoms with van der Waals surface area (Å²) in [6.07, 6.45) is 0. The Balaban J connectivity index is 2.05. The molecule has 2 N–H and O–H groups in total. The van der Waals surface area contributed by atoms with E-state index in [1.54, 1.807) is 19.2 Å². The van der Waals surface area contributed by atoms with E-state index in [-0.39, 0.29) is 0 Å². The van der Waals surface area contributed by atoms with E-state index in [0.717, 1.165) is 16.5 Å². The summed E-state index contributed by atoms with van der Waals surface area (Å²) in [5, 5.41) is 1.66. The number of nitrogens with two attached hydrogens (primary N) is 1. The minimum atomic E-state index is -0.398. The Bertz CT molecular complexity index is 795. The van der Waals surface area contributed by atoms with Crippen molar-refractivity contribution in [1.82, 2.24) is 0 Å².